The van der Waals surface area contributed by atoms with E-state index in [0.29, 0.717) is 32.2 Å². The van der Waals surface area contributed by atoms with Crippen LogP contribution >= 0.6 is 0 Å². The van der Waals surface area contributed by atoms with Gasteiger partial charge in [-0.25, -0.2) is 13.1 Å². The molecule has 2 fully saturated rings. The molecule has 0 spiro atoms. The maximum Gasteiger partial charge on any atom is 0.240 e. The van der Waals surface area contributed by atoms with Gasteiger partial charge in [0, 0.05) is 19.5 Å². The van der Waals surface area contributed by atoms with Gasteiger partial charge in [-0.3, -0.25) is 4.79 Å². The van der Waals surface area contributed by atoms with Gasteiger partial charge in [-0.05, 0) is 69.8 Å². The molecule has 3 N–H and O–H groups in total. The highest BCUT2D eigenvalue weighted by molar-refractivity contribution is 7.89. The first-order valence-corrected chi connectivity index (χ1v) is 13.2. The van der Waals surface area contributed by atoms with Crippen LogP contribution in [0, 0.1) is 6.92 Å². The van der Waals surface area contributed by atoms with Crippen LogP contribution in [0.3, 0.4) is 0 Å². The molecule has 9 heteroatoms. The maximum atomic E-state index is 12.7. The largest absolute Gasteiger partial charge is 0.394 e. The molecule has 2 aliphatic heterocycles. The molecule has 8 nitrogen and oxygen atoms in total. The number of ether oxygens (including phenoxy) is 1. The summed E-state index contributed by atoms with van der Waals surface area (Å²) in [6.07, 6.45) is 5.39. The normalized spacial score (nSPS) is 24.9. The minimum atomic E-state index is -3.69. The van der Waals surface area contributed by atoms with E-state index in [0.717, 1.165) is 25.2 Å². The Morgan fingerprint density at radius 1 is 1.22 bits per heavy atom. The van der Waals surface area contributed by atoms with Crippen molar-refractivity contribution < 1.29 is 23.1 Å². The van der Waals surface area contributed by atoms with Crippen molar-refractivity contribution in [3.8, 4) is 0 Å². The molecule has 2 aliphatic rings. The van der Waals surface area contributed by atoms with E-state index in [1.54, 1.807) is 18.2 Å². The van der Waals surface area contributed by atoms with Crippen molar-refractivity contribution >= 4 is 15.9 Å². The van der Waals surface area contributed by atoms with Gasteiger partial charge >= 0.3 is 0 Å². The van der Waals surface area contributed by atoms with Gasteiger partial charge in [-0.1, -0.05) is 18.6 Å². The van der Waals surface area contributed by atoms with E-state index >= 15 is 0 Å². The van der Waals surface area contributed by atoms with Crippen LogP contribution in [0.5, 0.6) is 0 Å². The van der Waals surface area contributed by atoms with Crippen molar-refractivity contribution in [3.63, 3.8) is 0 Å². The summed E-state index contributed by atoms with van der Waals surface area (Å²) in [6, 6.07) is 6.25. The summed E-state index contributed by atoms with van der Waals surface area (Å²) >= 11 is 0. The van der Waals surface area contributed by atoms with Gasteiger partial charge in [-0.15, -0.1) is 0 Å². The standard InChI is InChI=1S/C23H37N3O5S/c1-18-6-5-7-20(16-18)32(29,30)25-21-9-8-19(31-22(21)17-27)10-12-24-23(28)11-15-26-13-3-2-4-14-26/h5-7,16,19,21-22,25,27H,2-4,8-15,17H2,1H3,(H,24,28)/t19-,21+,22+/m1/s1. The third-order valence-corrected chi connectivity index (χ3v) is 7.78. The van der Waals surface area contributed by atoms with Crippen LogP contribution < -0.4 is 10.0 Å². The van der Waals surface area contributed by atoms with E-state index < -0.39 is 22.2 Å². The number of hydrogen-bond donors (Lipinski definition) is 3. The molecule has 0 aromatic heterocycles. The number of piperidine rings is 1. The number of carbonyl (C=O) groups is 1. The zero-order valence-corrected chi connectivity index (χ0v) is 19.8. The Morgan fingerprint density at radius 3 is 2.72 bits per heavy atom. The second-order valence-electron chi connectivity index (χ2n) is 8.89. The molecule has 1 aromatic carbocycles. The Morgan fingerprint density at radius 2 is 2.00 bits per heavy atom. The van der Waals surface area contributed by atoms with E-state index in [4.69, 9.17) is 4.74 Å². The Labute approximate surface area is 191 Å². The van der Waals surface area contributed by atoms with Gasteiger partial charge in [0.25, 0.3) is 0 Å². The molecule has 0 unspecified atom stereocenters. The number of sulfonamides is 1. The lowest BCUT2D eigenvalue weighted by atomic mass is 9.98. The summed E-state index contributed by atoms with van der Waals surface area (Å²) in [6.45, 7) is 5.07. The number of aliphatic hydroxyl groups excluding tert-OH is 1. The molecule has 2 heterocycles. The summed E-state index contributed by atoms with van der Waals surface area (Å²) in [5.74, 6) is 0.0499. The predicted molar refractivity (Wildman–Crippen MR) is 123 cm³/mol. The lowest BCUT2D eigenvalue weighted by Gasteiger charge is -2.36. The molecule has 1 aromatic rings. The quantitative estimate of drug-likeness (QED) is 0.482. The van der Waals surface area contributed by atoms with Crippen molar-refractivity contribution in [3.05, 3.63) is 29.8 Å². The van der Waals surface area contributed by atoms with E-state index in [-0.39, 0.29) is 23.5 Å². The number of likely N-dealkylation sites (tertiary alicyclic amines) is 1. The fourth-order valence-electron chi connectivity index (χ4n) is 4.43. The highest BCUT2D eigenvalue weighted by Crippen LogP contribution is 2.23. The van der Waals surface area contributed by atoms with Crippen molar-refractivity contribution in [2.45, 2.75) is 75.0 Å². The van der Waals surface area contributed by atoms with Crippen LogP contribution in [0.4, 0.5) is 0 Å². The maximum absolute atomic E-state index is 12.7. The van der Waals surface area contributed by atoms with Crippen molar-refractivity contribution in [1.29, 1.82) is 0 Å². The molecule has 180 valence electrons. The topological polar surface area (TPSA) is 108 Å². The monoisotopic (exact) mass is 467 g/mol. The van der Waals surface area contributed by atoms with E-state index in [1.807, 2.05) is 13.0 Å². The molecule has 2 saturated heterocycles. The molecule has 0 radical (unpaired) electrons. The molecule has 32 heavy (non-hydrogen) atoms. The molecule has 3 rings (SSSR count). The number of aliphatic hydroxyl groups is 1. The third kappa shape index (κ3) is 7.52. The van der Waals surface area contributed by atoms with Crippen molar-refractivity contribution in [1.82, 2.24) is 14.9 Å². The van der Waals surface area contributed by atoms with Gasteiger partial charge in [-0.2, -0.15) is 0 Å². The Bertz CT molecular complexity index is 842. The first-order chi connectivity index (χ1) is 15.4. The molecular formula is C23H37N3O5S. The fraction of sp³-hybridized carbons (Fsp3) is 0.696. The number of rotatable bonds is 10. The van der Waals surface area contributed by atoms with Gasteiger partial charge < -0.3 is 20.1 Å². The average Bonchev–Trinajstić information content (AvgIpc) is 2.79. The molecule has 0 bridgehead atoms. The van der Waals surface area contributed by atoms with Crippen LogP contribution in [0.1, 0.15) is 50.5 Å². The average molecular weight is 468 g/mol. The van der Waals surface area contributed by atoms with E-state index in [1.165, 1.54) is 19.3 Å². The molecule has 0 aliphatic carbocycles. The molecule has 3 atom stereocenters. The van der Waals surface area contributed by atoms with Gasteiger partial charge in [0.05, 0.1) is 29.8 Å². The Kier molecular flexibility index (Phi) is 9.48. The summed E-state index contributed by atoms with van der Waals surface area (Å²) in [4.78, 5) is 14.7. The van der Waals surface area contributed by atoms with Crippen LogP contribution in [-0.2, 0) is 19.6 Å². The summed E-state index contributed by atoms with van der Waals surface area (Å²) in [7, 11) is -3.69. The number of nitrogens with one attached hydrogen (secondary N) is 2. The second kappa shape index (κ2) is 12.1. The molecular weight excluding hydrogens is 430 g/mol. The van der Waals surface area contributed by atoms with E-state index in [9.17, 15) is 18.3 Å². The van der Waals surface area contributed by atoms with Crippen LogP contribution in [-0.4, -0.2) is 75.4 Å². The zero-order valence-electron chi connectivity index (χ0n) is 19.0. The van der Waals surface area contributed by atoms with Gasteiger partial charge in [0.15, 0.2) is 0 Å². The van der Waals surface area contributed by atoms with Crippen molar-refractivity contribution in [2.24, 2.45) is 0 Å². The number of benzene rings is 1. The lowest BCUT2D eigenvalue weighted by Crippen LogP contribution is -2.51. The summed E-state index contributed by atoms with van der Waals surface area (Å²) in [5, 5.41) is 12.7. The van der Waals surface area contributed by atoms with Gasteiger partial charge in [0.1, 0.15) is 0 Å². The van der Waals surface area contributed by atoms with Crippen LogP contribution in [0.2, 0.25) is 0 Å². The summed E-state index contributed by atoms with van der Waals surface area (Å²) in [5.41, 5.74) is 0.865. The Balaban J connectivity index is 1.40. The highest BCUT2D eigenvalue weighted by Gasteiger charge is 2.33. The Hall–Kier alpha value is -1.52. The minimum absolute atomic E-state index is 0.0499. The minimum Gasteiger partial charge on any atom is -0.394 e. The zero-order chi connectivity index (χ0) is 23.0. The number of hydrogen-bond acceptors (Lipinski definition) is 6. The second-order valence-corrected chi connectivity index (χ2v) is 10.6. The van der Waals surface area contributed by atoms with Crippen LogP contribution in [0.25, 0.3) is 0 Å². The van der Waals surface area contributed by atoms with Crippen LogP contribution in [0.15, 0.2) is 29.2 Å². The smallest absolute Gasteiger partial charge is 0.240 e. The first-order valence-electron chi connectivity index (χ1n) is 11.7. The number of nitrogens with zero attached hydrogens (tertiary/aromatic N) is 1. The SMILES string of the molecule is Cc1cccc(S(=O)(=O)N[C@H]2CC[C@H](CCNC(=O)CCN3CCCCC3)O[C@H]2CO)c1. The number of carbonyl (C=O) groups excluding carboxylic acids is 1. The molecule has 1 amide bonds. The summed E-state index contributed by atoms with van der Waals surface area (Å²) < 4.78 is 34.1. The first kappa shape index (κ1) is 25.1. The number of aryl methyl sites for hydroxylation is 1. The van der Waals surface area contributed by atoms with Crippen molar-refractivity contribution in [2.75, 3.05) is 32.8 Å². The van der Waals surface area contributed by atoms with Gasteiger partial charge in [0.2, 0.25) is 15.9 Å². The highest BCUT2D eigenvalue weighted by atomic mass is 32.2. The third-order valence-electron chi connectivity index (χ3n) is 6.29. The number of amides is 1. The fourth-order valence-corrected chi connectivity index (χ4v) is 5.84. The van der Waals surface area contributed by atoms with E-state index in [2.05, 4.69) is 14.9 Å². The predicted octanol–water partition coefficient (Wildman–Crippen LogP) is 1.56. The lowest BCUT2D eigenvalue weighted by molar-refractivity contribution is -0.122. The molecule has 0 saturated carbocycles.